The minimum absolute atomic E-state index is 0.121. The summed E-state index contributed by atoms with van der Waals surface area (Å²) in [6.07, 6.45) is 1.05. The van der Waals surface area contributed by atoms with Crippen molar-refractivity contribution in [3.05, 3.63) is 94.0 Å². The molecule has 3 aromatic carbocycles. The third kappa shape index (κ3) is 5.72. The molecule has 1 aliphatic heterocycles. The molecule has 5 nitrogen and oxygen atoms in total. The highest BCUT2D eigenvalue weighted by atomic mass is 31.2. The number of benzene rings is 3. The fourth-order valence-corrected chi connectivity index (χ4v) is 5.89. The van der Waals surface area contributed by atoms with Gasteiger partial charge in [0.25, 0.3) is 0 Å². The zero-order valence-corrected chi connectivity index (χ0v) is 21.2. The molecule has 0 amide bonds. The fraction of sp³-hybridized carbons (Fsp3) is 0.357. The van der Waals surface area contributed by atoms with Gasteiger partial charge in [0.15, 0.2) is 6.35 Å². The molecule has 0 aromatic heterocycles. The Kier molecular flexibility index (Phi) is 7.47. The summed E-state index contributed by atoms with van der Waals surface area (Å²) in [6.45, 7) is 8.64. The summed E-state index contributed by atoms with van der Waals surface area (Å²) in [5, 5.41) is 10.1. The number of hydrogen-bond donors (Lipinski definition) is 1. The lowest BCUT2D eigenvalue weighted by Crippen LogP contribution is -2.17. The molecule has 1 heterocycles. The quantitative estimate of drug-likeness (QED) is 0.356. The first kappa shape index (κ1) is 24.5. The molecule has 0 radical (unpaired) electrons. The van der Waals surface area contributed by atoms with E-state index in [2.05, 4.69) is 33.8 Å². The van der Waals surface area contributed by atoms with Crippen molar-refractivity contribution >= 4 is 7.60 Å². The van der Waals surface area contributed by atoms with E-state index in [1.807, 2.05) is 48.5 Å². The Hall–Kier alpha value is -2.59. The fourth-order valence-electron chi connectivity index (χ4n) is 4.39. The lowest BCUT2D eigenvalue weighted by atomic mass is 9.93. The van der Waals surface area contributed by atoms with E-state index in [-0.39, 0.29) is 18.4 Å². The number of ether oxygens (including phenoxy) is 1. The van der Waals surface area contributed by atoms with Crippen LogP contribution in [0.25, 0.3) is 0 Å². The van der Waals surface area contributed by atoms with Gasteiger partial charge in [0, 0.05) is 6.42 Å². The SMILES string of the molecule is Cc1cc(OC[P@@]2(=O)OCC[C@@H](c3ccccc3)O2)cc(C)c1Cc1ccc(O)c(C(C)C)c1. The molecule has 2 atom stereocenters. The van der Waals surface area contributed by atoms with Crippen molar-refractivity contribution in [3.8, 4) is 11.5 Å². The first-order valence-electron chi connectivity index (χ1n) is 11.8. The van der Waals surface area contributed by atoms with E-state index < -0.39 is 7.60 Å². The van der Waals surface area contributed by atoms with Gasteiger partial charge in [0.05, 0.1) is 12.7 Å². The van der Waals surface area contributed by atoms with Gasteiger partial charge in [0.1, 0.15) is 11.5 Å². The van der Waals surface area contributed by atoms with Gasteiger partial charge in [-0.25, -0.2) is 0 Å². The van der Waals surface area contributed by atoms with Gasteiger partial charge < -0.3 is 14.4 Å². The van der Waals surface area contributed by atoms with E-state index in [0.717, 1.165) is 34.2 Å². The van der Waals surface area contributed by atoms with Gasteiger partial charge in [0.2, 0.25) is 0 Å². The second kappa shape index (κ2) is 10.4. The van der Waals surface area contributed by atoms with Gasteiger partial charge in [-0.05, 0) is 77.8 Å². The van der Waals surface area contributed by atoms with Crippen molar-refractivity contribution in [2.45, 2.75) is 52.6 Å². The van der Waals surface area contributed by atoms with Gasteiger partial charge in [-0.2, -0.15) is 0 Å². The summed E-state index contributed by atoms with van der Waals surface area (Å²) in [5.74, 6) is 1.25. The number of aromatic hydroxyl groups is 1. The number of phenolic OH excluding ortho intramolecular Hbond substituents is 1. The van der Waals surface area contributed by atoms with Crippen LogP contribution < -0.4 is 4.74 Å². The molecule has 6 heteroatoms. The highest BCUT2D eigenvalue weighted by molar-refractivity contribution is 7.53. The van der Waals surface area contributed by atoms with Crippen molar-refractivity contribution in [2.24, 2.45) is 0 Å². The molecule has 0 unspecified atom stereocenters. The molecule has 0 aliphatic carbocycles. The average Bonchev–Trinajstić information content (AvgIpc) is 2.81. The van der Waals surface area contributed by atoms with Crippen molar-refractivity contribution in [2.75, 3.05) is 13.0 Å². The van der Waals surface area contributed by atoms with E-state index >= 15 is 0 Å². The molecule has 3 aromatic rings. The maximum Gasteiger partial charge on any atom is 0.368 e. The molecule has 0 saturated carbocycles. The van der Waals surface area contributed by atoms with Crippen LogP contribution in [0.1, 0.15) is 65.7 Å². The second-order valence-corrected chi connectivity index (χ2v) is 11.2. The maximum absolute atomic E-state index is 13.2. The van der Waals surface area contributed by atoms with E-state index in [0.29, 0.717) is 24.5 Å². The zero-order valence-electron chi connectivity index (χ0n) is 20.3. The van der Waals surface area contributed by atoms with E-state index in [9.17, 15) is 9.67 Å². The first-order valence-corrected chi connectivity index (χ1v) is 13.5. The summed E-state index contributed by atoms with van der Waals surface area (Å²) in [4.78, 5) is 0. The molecule has 4 rings (SSSR count). The van der Waals surface area contributed by atoms with Crippen molar-refractivity contribution in [1.29, 1.82) is 0 Å². The van der Waals surface area contributed by atoms with Crippen LogP contribution >= 0.6 is 7.60 Å². The topological polar surface area (TPSA) is 65.0 Å². The largest absolute Gasteiger partial charge is 0.508 e. The highest BCUT2D eigenvalue weighted by Gasteiger charge is 2.35. The van der Waals surface area contributed by atoms with Gasteiger partial charge in [-0.1, -0.05) is 56.3 Å². The van der Waals surface area contributed by atoms with Crippen molar-refractivity contribution < 1.29 is 23.5 Å². The lowest BCUT2D eigenvalue weighted by molar-refractivity contribution is 0.0725. The standard InChI is InChI=1S/C28H33O5P/c1-19(2)25-16-22(10-11-27(25)29)17-26-20(3)14-24(15-21(26)4)31-18-34(30)32-13-12-28(33-34)23-8-6-5-7-9-23/h5-11,14-16,19,28-29H,12-13,17-18H2,1-4H3/t28-,34+/m0/s1. The van der Waals surface area contributed by atoms with Crippen LogP contribution in [0.4, 0.5) is 0 Å². The Bertz CT molecular complexity index is 1170. The maximum atomic E-state index is 13.2. The number of rotatable bonds is 7. The molecule has 0 bridgehead atoms. The van der Waals surface area contributed by atoms with Crippen molar-refractivity contribution in [1.82, 2.24) is 0 Å². The predicted molar refractivity (Wildman–Crippen MR) is 135 cm³/mol. The van der Waals surface area contributed by atoms with E-state index in [4.69, 9.17) is 13.8 Å². The Morgan fingerprint density at radius 2 is 1.76 bits per heavy atom. The van der Waals surface area contributed by atoms with Crippen LogP contribution in [0.3, 0.4) is 0 Å². The Labute approximate surface area is 202 Å². The summed E-state index contributed by atoms with van der Waals surface area (Å²) in [5.41, 5.74) is 6.52. The van der Waals surface area contributed by atoms with Gasteiger partial charge in [-0.15, -0.1) is 0 Å². The normalized spacial score (nSPS) is 20.4. The molecule has 1 N–H and O–H groups in total. The van der Waals surface area contributed by atoms with E-state index in [1.165, 1.54) is 5.56 Å². The molecule has 0 spiro atoms. The highest BCUT2D eigenvalue weighted by Crippen LogP contribution is 2.56. The predicted octanol–water partition coefficient (Wildman–Crippen LogP) is 7.43. The lowest BCUT2D eigenvalue weighted by Gasteiger charge is -2.30. The first-order chi connectivity index (χ1) is 16.2. The van der Waals surface area contributed by atoms with Gasteiger partial charge in [-0.3, -0.25) is 9.09 Å². The Morgan fingerprint density at radius 3 is 2.44 bits per heavy atom. The minimum Gasteiger partial charge on any atom is -0.508 e. The van der Waals surface area contributed by atoms with Crippen LogP contribution in [0.2, 0.25) is 0 Å². The number of hydrogen-bond acceptors (Lipinski definition) is 5. The molecule has 1 fully saturated rings. The summed E-state index contributed by atoms with van der Waals surface area (Å²) < 4.78 is 30.5. The van der Waals surface area contributed by atoms with Crippen LogP contribution in [0.15, 0.2) is 60.7 Å². The smallest absolute Gasteiger partial charge is 0.368 e. The van der Waals surface area contributed by atoms with E-state index in [1.54, 1.807) is 6.07 Å². The Morgan fingerprint density at radius 1 is 1.06 bits per heavy atom. The van der Waals surface area contributed by atoms with Crippen molar-refractivity contribution in [3.63, 3.8) is 0 Å². The molecular formula is C28H33O5P. The number of aryl methyl sites for hydroxylation is 2. The second-order valence-electron chi connectivity index (χ2n) is 9.27. The molecule has 34 heavy (non-hydrogen) atoms. The van der Waals surface area contributed by atoms with Gasteiger partial charge >= 0.3 is 7.60 Å². The minimum atomic E-state index is -3.36. The Balaban J connectivity index is 1.45. The van der Waals surface area contributed by atoms with Crippen LogP contribution in [0, 0.1) is 13.8 Å². The van der Waals surface area contributed by atoms with Crippen LogP contribution in [-0.4, -0.2) is 18.1 Å². The molecular weight excluding hydrogens is 447 g/mol. The number of phenols is 1. The summed E-state index contributed by atoms with van der Waals surface area (Å²) >= 11 is 0. The summed E-state index contributed by atoms with van der Waals surface area (Å²) in [6, 6.07) is 19.6. The van der Waals surface area contributed by atoms with Crippen LogP contribution in [0.5, 0.6) is 11.5 Å². The summed E-state index contributed by atoms with van der Waals surface area (Å²) in [7, 11) is -3.36. The molecule has 180 valence electrons. The average molecular weight is 481 g/mol. The monoisotopic (exact) mass is 480 g/mol. The third-order valence-corrected chi connectivity index (χ3v) is 7.88. The molecule has 1 saturated heterocycles. The molecule has 1 aliphatic rings. The van der Waals surface area contributed by atoms with Crippen LogP contribution in [-0.2, 0) is 20.0 Å². The zero-order chi connectivity index (χ0) is 24.3. The third-order valence-electron chi connectivity index (χ3n) is 6.28.